The van der Waals surface area contributed by atoms with Gasteiger partial charge in [0, 0.05) is 18.4 Å². The summed E-state index contributed by atoms with van der Waals surface area (Å²) >= 11 is 0. The van der Waals surface area contributed by atoms with Crippen LogP contribution < -0.4 is 14.6 Å². The molecule has 5 atom stereocenters. The molecule has 0 aromatic heterocycles. The smallest absolute Gasteiger partial charge is 0.231 e. The fraction of sp³-hybridized carbons (Fsp3) is 0.400. The van der Waals surface area contributed by atoms with E-state index < -0.39 is 35.6 Å². The van der Waals surface area contributed by atoms with Crippen molar-refractivity contribution in [3.63, 3.8) is 0 Å². The fourth-order valence-corrected chi connectivity index (χ4v) is 4.95. The van der Waals surface area contributed by atoms with Crippen LogP contribution >= 0.6 is 0 Å². The van der Waals surface area contributed by atoms with Crippen molar-refractivity contribution in [3.8, 4) is 11.5 Å². The lowest BCUT2D eigenvalue weighted by Crippen LogP contribution is -2.46. The van der Waals surface area contributed by atoms with E-state index in [-0.39, 0.29) is 12.7 Å². The highest BCUT2D eigenvalue weighted by molar-refractivity contribution is 5.91. The van der Waals surface area contributed by atoms with Gasteiger partial charge in [-0.15, -0.1) is 0 Å². The van der Waals surface area contributed by atoms with Gasteiger partial charge in [-0.3, -0.25) is 4.79 Å². The molecule has 2 saturated heterocycles. The predicted molar refractivity (Wildman–Crippen MR) is 90.4 cm³/mol. The maximum atomic E-state index is 13.3. The molecular weight excluding hydrogens is 350 g/mol. The molecule has 1 amide bonds. The second-order valence-electron chi connectivity index (χ2n) is 7.52. The second-order valence-corrected chi connectivity index (χ2v) is 7.52. The first-order valence-electron chi connectivity index (χ1n) is 8.85. The van der Waals surface area contributed by atoms with Gasteiger partial charge in [-0.05, 0) is 24.6 Å². The van der Waals surface area contributed by atoms with Crippen LogP contribution in [0.2, 0.25) is 0 Å². The highest BCUT2D eigenvalue weighted by Gasteiger charge is 2.69. The minimum atomic E-state index is -1.25. The van der Waals surface area contributed by atoms with Gasteiger partial charge in [0.25, 0.3) is 0 Å². The Morgan fingerprint density at radius 1 is 1.37 bits per heavy atom. The monoisotopic (exact) mass is 368 g/mol. The van der Waals surface area contributed by atoms with Crippen LogP contribution in [0.3, 0.4) is 0 Å². The fourth-order valence-electron chi connectivity index (χ4n) is 4.95. The van der Waals surface area contributed by atoms with E-state index >= 15 is 0 Å². The first kappa shape index (κ1) is 16.4. The van der Waals surface area contributed by atoms with Crippen molar-refractivity contribution in [2.75, 3.05) is 6.79 Å². The lowest BCUT2D eigenvalue weighted by molar-refractivity contribution is -0.313. The Balaban J connectivity index is 1.53. The number of ether oxygens (including phenoxy) is 3. The Morgan fingerprint density at radius 3 is 2.89 bits per heavy atom. The number of carboxylic acid groups (broad SMARTS) is 1. The third-order valence-electron chi connectivity index (χ3n) is 5.90. The van der Waals surface area contributed by atoms with Crippen LogP contribution in [0.25, 0.3) is 0 Å². The number of amides is 1. The number of aliphatic carboxylic acids is 1. The van der Waals surface area contributed by atoms with Gasteiger partial charge < -0.3 is 29.0 Å². The Kier molecular flexibility index (Phi) is 3.25. The molecule has 0 N–H and O–H groups in total. The quantitative estimate of drug-likeness (QED) is 0.715. The molecule has 1 aromatic carbocycles. The van der Waals surface area contributed by atoms with Crippen LogP contribution in [0.4, 0.5) is 0 Å². The average Bonchev–Trinajstić information content (AvgIpc) is 3.35. The number of benzene rings is 1. The summed E-state index contributed by atoms with van der Waals surface area (Å²) in [5.41, 5.74) is 0.615. The van der Waals surface area contributed by atoms with E-state index in [0.29, 0.717) is 18.0 Å². The summed E-state index contributed by atoms with van der Waals surface area (Å²) in [6.07, 6.45) is 2.93. The number of hydrogen-bond donors (Lipinski definition) is 0. The number of hydrogen-bond acceptors (Lipinski definition) is 6. The van der Waals surface area contributed by atoms with Crippen LogP contribution in [0.1, 0.15) is 12.5 Å². The SMILES string of the molecule is C=C(C)[C@@H]1N(Cc2ccc3c(c2)OCO3)C(=O)[C@H]2[C@H](C(=O)[O-])[C@@H]3C=C[C@]12O3. The zero-order valence-electron chi connectivity index (χ0n) is 14.7. The van der Waals surface area contributed by atoms with E-state index in [1.165, 1.54) is 0 Å². The van der Waals surface area contributed by atoms with Crippen molar-refractivity contribution < 1.29 is 28.9 Å². The predicted octanol–water partition coefficient (Wildman–Crippen LogP) is 0.392. The van der Waals surface area contributed by atoms with Gasteiger partial charge in [0.1, 0.15) is 5.60 Å². The molecule has 0 radical (unpaired) electrons. The van der Waals surface area contributed by atoms with Crippen LogP contribution in [0.5, 0.6) is 11.5 Å². The summed E-state index contributed by atoms with van der Waals surface area (Å²) in [4.78, 5) is 26.6. The molecule has 2 fully saturated rings. The van der Waals surface area contributed by atoms with E-state index in [0.717, 1.165) is 11.1 Å². The van der Waals surface area contributed by atoms with Crippen LogP contribution in [-0.2, 0) is 20.9 Å². The Morgan fingerprint density at radius 2 is 2.15 bits per heavy atom. The maximum Gasteiger partial charge on any atom is 0.231 e. The van der Waals surface area contributed by atoms with Gasteiger partial charge in [-0.25, -0.2) is 0 Å². The first-order valence-corrected chi connectivity index (χ1v) is 8.85. The van der Waals surface area contributed by atoms with Gasteiger partial charge in [-0.2, -0.15) is 0 Å². The standard InChI is InChI=1S/C20H19NO6/c1-10(2)17-20-6-5-13(27-20)15(19(23)24)16(20)18(22)21(17)8-11-3-4-12-14(7-11)26-9-25-12/h3-7,13,15-17H,1,8-9H2,2H3,(H,23,24)/p-1/t13-,15+,16+,17-,20+/m0/s1. The van der Waals surface area contributed by atoms with Crippen molar-refractivity contribution in [2.45, 2.75) is 31.2 Å². The molecule has 1 spiro atoms. The number of rotatable bonds is 4. The maximum absolute atomic E-state index is 13.3. The van der Waals surface area contributed by atoms with Crippen LogP contribution in [0, 0.1) is 11.8 Å². The minimum Gasteiger partial charge on any atom is -0.550 e. The number of likely N-dealkylation sites (tertiary alicyclic amines) is 1. The zero-order chi connectivity index (χ0) is 18.9. The summed E-state index contributed by atoms with van der Waals surface area (Å²) in [7, 11) is 0. The number of nitrogens with zero attached hydrogens (tertiary/aromatic N) is 1. The summed E-state index contributed by atoms with van der Waals surface area (Å²) in [6, 6.07) is 5.07. The largest absolute Gasteiger partial charge is 0.550 e. The highest BCUT2D eigenvalue weighted by Crippen LogP contribution is 2.56. The van der Waals surface area contributed by atoms with E-state index in [9.17, 15) is 14.7 Å². The molecule has 4 aliphatic rings. The molecule has 27 heavy (non-hydrogen) atoms. The molecule has 4 aliphatic heterocycles. The Hall–Kier alpha value is -2.80. The average molecular weight is 368 g/mol. The Bertz CT molecular complexity index is 908. The summed E-state index contributed by atoms with van der Waals surface area (Å²) < 4.78 is 16.8. The molecule has 0 unspecified atom stereocenters. The first-order chi connectivity index (χ1) is 12.9. The van der Waals surface area contributed by atoms with Crippen molar-refractivity contribution in [1.29, 1.82) is 0 Å². The third-order valence-corrected chi connectivity index (χ3v) is 5.90. The zero-order valence-corrected chi connectivity index (χ0v) is 14.7. The van der Waals surface area contributed by atoms with Crippen molar-refractivity contribution >= 4 is 11.9 Å². The lowest BCUT2D eigenvalue weighted by atomic mass is 9.74. The normalized spacial score (nSPS) is 35.0. The topological polar surface area (TPSA) is 88.1 Å². The van der Waals surface area contributed by atoms with Crippen molar-refractivity contribution in [1.82, 2.24) is 4.90 Å². The van der Waals surface area contributed by atoms with Crippen LogP contribution in [-0.4, -0.2) is 41.3 Å². The lowest BCUT2D eigenvalue weighted by Gasteiger charge is -2.33. The van der Waals surface area contributed by atoms with Gasteiger partial charge in [0.2, 0.25) is 12.7 Å². The van der Waals surface area contributed by atoms with E-state index in [1.807, 2.05) is 25.1 Å². The summed E-state index contributed by atoms with van der Waals surface area (Å²) in [5, 5.41) is 11.7. The number of fused-ring (bicyclic) bond motifs is 2. The highest BCUT2D eigenvalue weighted by atomic mass is 16.7. The molecule has 4 heterocycles. The van der Waals surface area contributed by atoms with E-state index in [2.05, 4.69) is 6.58 Å². The van der Waals surface area contributed by atoms with E-state index in [4.69, 9.17) is 14.2 Å². The van der Waals surface area contributed by atoms with E-state index in [1.54, 1.807) is 17.0 Å². The molecule has 7 heteroatoms. The van der Waals surface area contributed by atoms with Crippen molar-refractivity contribution in [3.05, 3.63) is 48.1 Å². The molecule has 0 saturated carbocycles. The van der Waals surface area contributed by atoms with Gasteiger partial charge in [0.15, 0.2) is 11.5 Å². The van der Waals surface area contributed by atoms with Crippen LogP contribution in [0.15, 0.2) is 42.5 Å². The number of carbonyl (C=O) groups is 2. The van der Waals surface area contributed by atoms with Gasteiger partial charge in [-0.1, -0.05) is 30.4 Å². The van der Waals surface area contributed by atoms with Gasteiger partial charge in [0.05, 0.1) is 18.1 Å². The second kappa shape index (κ2) is 5.36. The molecule has 2 bridgehead atoms. The molecule has 5 rings (SSSR count). The minimum absolute atomic E-state index is 0.175. The molecular formula is C20H18NO6-. The van der Waals surface area contributed by atoms with Gasteiger partial charge >= 0.3 is 0 Å². The van der Waals surface area contributed by atoms with Crippen molar-refractivity contribution in [2.24, 2.45) is 11.8 Å². The molecule has 140 valence electrons. The number of carboxylic acids is 1. The molecule has 0 aliphatic carbocycles. The Labute approximate surface area is 155 Å². The molecule has 1 aromatic rings. The third kappa shape index (κ3) is 2.06. The summed E-state index contributed by atoms with van der Waals surface area (Å²) in [5.74, 6) is -1.98. The molecule has 7 nitrogen and oxygen atoms in total. The summed E-state index contributed by atoms with van der Waals surface area (Å²) in [6.45, 7) is 6.35. The number of carbonyl (C=O) groups excluding carboxylic acids is 2.